The second kappa shape index (κ2) is 5.63. The molecule has 0 radical (unpaired) electrons. The molecule has 5 nitrogen and oxygen atoms in total. The summed E-state index contributed by atoms with van der Waals surface area (Å²) in [7, 11) is 3.54. The van der Waals surface area contributed by atoms with Crippen LogP contribution in [0.1, 0.15) is 10.5 Å². The minimum atomic E-state index is -0.197. The highest BCUT2D eigenvalue weighted by atomic mass is 35.5. The number of hydrogen-bond donors (Lipinski definition) is 1. The van der Waals surface area contributed by atoms with Gasteiger partial charge >= 0.3 is 0 Å². The summed E-state index contributed by atoms with van der Waals surface area (Å²) in [5.74, 6) is -0.197. The van der Waals surface area contributed by atoms with E-state index in [0.29, 0.717) is 6.54 Å². The molecule has 15 heavy (non-hydrogen) atoms. The molecule has 1 aromatic heterocycles. The van der Waals surface area contributed by atoms with Crippen molar-refractivity contribution in [3.63, 3.8) is 0 Å². The van der Waals surface area contributed by atoms with E-state index in [2.05, 4.69) is 15.3 Å². The second-order valence-corrected chi connectivity index (χ2v) is 3.46. The van der Waals surface area contributed by atoms with Crippen LogP contribution in [-0.4, -0.2) is 48.0 Å². The molecule has 1 rings (SSSR count). The fourth-order valence-corrected chi connectivity index (χ4v) is 1.22. The standard InChI is InChI=1S/C9H13ClN4O/c1-11-3-4-14(2)9(15)8-7(10)5-12-6-13-8/h5-6,11H,3-4H2,1-2H3. The zero-order valence-corrected chi connectivity index (χ0v) is 9.45. The third-order valence-electron chi connectivity index (χ3n) is 1.91. The average molecular weight is 229 g/mol. The van der Waals surface area contributed by atoms with E-state index < -0.39 is 0 Å². The molecule has 1 amide bonds. The van der Waals surface area contributed by atoms with Crippen LogP contribution in [0.15, 0.2) is 12.5 Å². The number of rotatable bonds is 4. The zero-order valence-electron chi connectivity index (χ0n) is 8.70. The van der Waals surface area contributed by atoms with Crippen molar-refractivity contribution < 1.29 is 4.79 Å². The smallest absolute Gasteiger partial charge is 0.273 e. The largest absolute Gasteiger partial charge is 0.339 e. The molecule has 0 saturated carbocycles. The third kappa shape index (κ3) is 3.14. The van der Waals surface area contributed by atoms with Crippen molar-refractivity contribution in [2.75, 3.05) is 27.2 Å². The minimum Gasteiger partial charge on any atom is -0.339 e. The number of halogens is 1. The van der Waals surface area contributed by atoms with E-state index >= 15 is 0 Å². The Morgan fingerprint density at radius 2 is 2.40 bits per heavy atom. The number of aromatic nitrogens is 2. The summed E-state index contributed by atoms with van der Waals surface area (Å²) in [6.07, 6.45) is 2.72. The van der Waals surface area contributed by atoms with Crippen LogP contribution in [-0.2, 0) is 0 Å². The van der Waals surface area contributed by atoms with E-state index in [1.165, 1.54) is 12.5 Å². The first-order chi connectivity index (χ1) is 7.16. The van der Waals surface area contributed by atoms with Crippen molar-refractivity contribution in [3.8, 4) is 0 Å². The first-order valence-corrected chi connectivity index (χ1v) is 4.90. The summed E-state index contributed by atoms with van der Waals surface area (Å²) >= 11 is 5.81. The van der Waals surface area contributed by atoms with Crippen LogP contribution < -0.4 is 5.32 Å². The summed E-state index contributed by atoms with van der Waals surface area (Å²) in [6.45, 7) is 1.33. The Morgan fingerprint density at radius 3 is 3.00 bits per heavy atom. The third-order valence-corrected chi connectivity index (χ3v) is 2.19. The molecule has 0 unspecified atom stereocenters. The van der Waals surface area contributed by atoms with Crippen molar-refractivity contribution in [1.82, 2.24) is 20.2 Å². The van der Waals surface area contributed by atoms with Crippen LogP contribution >= 0.6 is 11.6 Å². The summed E-state index contributed by atoms with van der Waals surface area (Å²) < 4.78 is 0. The van der Waals surface area contributed by atoms with Crippen LogP contribution in [0.25, 0.3) is 0 Å². The Kier molecular flexibility index (Phi) is 4.45. The number of hydrogen-bond acceptors (Lipinski definition) is 4. The van der Waals surface area contributed by atoms with Crippen LogP contribution in [0, 0.1) is 0 Å². The van der Waals surface area contributed by atoms with Gasteiger partial charge in [-0.05, 0) is 7.05 Å². The van der Waals surface area contributed by atoms with Gasteiger partial charge in [-0.3, -0.25) is 4.79 Å². The minimum absolute atomic E-state index is 0.197. The highest BCUT2D eigenvalue weighted by molar-refractivity contribution is 6.33. The van der Waals surface area contributed by atoms with E-state index in [0.717, 1.165) is 6.54 Å². The molecule has 1 heterocycles. The van der Waals surface area contributed by atoms with Gasteiger partial charge in [0.1, 0.15) is 12.0 Å². The predicted molar refractivity (Wildman–Crippen MR) is 57.9 cm³/mol. The lowest BCUT2D eigenvalue weighted by atomic mass is 10.3. The summed E-state index contributed by atoms with van der Waals surface area (Å²) in [4.78, 5) is 20.9. The first-order valence-electron chi connectivity index (χ1n) is 4.52. The topological polar surface area (TPSA) is 58.1 Å². The van der Waals surface area contributed by atoms with Crippen molar-refractivity contribution in [3.05, 3.63) is 23.2 Å². The lowest BCUT2D eigenvalue weighted by Gasteiger charge is -2.16. The molecule has 1 aromatic rings. The Labute approximate surface area is 93.5 Å². The number of carbonyl (C=O) groups is 1. The Bertz CT molecular complexity index is 345. The first kappa shape index (κ1) is 11.9. The van der Waals surface area contributed by atoms with Crippen LogP contribution in [0.4, 0.5) is 0 Å². The second-order valence-electron chi connectivity index (χ2n) is 3.05. The molecule has 0 fully saturated rings. The lowest BCUT2D eigenvalue weighted by molar-refractivity contribution is 0.0791. The molecule has 0 aliphatic carbocycles. The Balaban J connectivity index is 2.72. The monoisotopic (exact) mass is 228 g/mol. The fourth-order valence-electron chi connectivity index (χ4n) is 1.03. The molecular weight excluding hydrogens is 216 g/mol. The Hall–Kier alpha value is -1.20. The molecule has 0 spiro atoms. The Morgan fingerprint density at radius 1 is 1.67 bits per heavy atom. The van der Waals surface area contributed by atoms with E-state index in [9.17, 15) is 4.79 Å². The van der Waals surface area contributed by atoms with Crippen molar-refractivity contribution in [1.29, 1.82) is 0 Å². The summed E-state index contributed by atoms with van der Waals surface area (Å²) in [5.41, 5.74) is 0.241. The summed E-state index contributed by atoms with van der Waals surface area (Å²) in [5, 5.41) is 3.24. The van der Waals surface area contributed by atoms with E-state index in [4.69, 9.17) is 11.6 Å². The van der Waals surface area contributed by atoms with Gasteiger partial charge < -0.3 is 10.2 Å². The van der Waals surface area contributed by atoms with Gasteiger partial charge in [0, 0.05) is 26.3 Å². The van der Waals surface area contributed by atoms with Gasteiger partial charge in [-0.2, -0.15) is 0 Å². The molecule has 0 aliphatic heterocycles. The predicted octanol–water partition coefficient (Wildman–Crippen LogP) is 0.421. The van der Waals surface area contributed by atoms with Gasteiger partial charge in [0.15, 0.2) is 0 Å². The summed E-state index contributed by atoms with van der Waals surface area (Å²) in [6, 6.07) is 0. The molecular formula is C9H13ClN4O. The SMILES string of the molecule is CNCCN(C)C(=O)c1ncncc1Cl. The van der Waals surface area contributed by atoms with Gasteiger partial charge in [-0.15, -0.1) is 0 Å². The van der Waals surface area contributed by atoms with Crippen LogP contribution in [0.3, 0.4) is 0 Å². The lowest BCUT2D eigenvalue weighted by Crippen LogP contribution is -2.33. The highest BCUT2D eigenvalue weighted by Crippen LogP contribution is 2.12. The van der Waals surface area contributed by atoms with Gasteiger partial charge in [-0.25, -0.2) is 9.97 Å². The maximum Gasteiger partial charge on any atom is 0.273 e. The quantitative estimate of drug-likeness (QED) is 0.812. The maximum absolute atomic E-state index is 11.8. The highest BCUT2D eigenvalue weighted by Gasteiger charge is 2.15. The fraction of sp³-hybridized carbons (Fsp3) is 0.444. The van der Waals surface area contributed by atoms with Gasteiger partial charge in [0.25, 0.3) is 5.91 Å². The normalized spacial score (nSPS) is 10.1. The molecule has 0 atom stereocenters. The molecule has 0 saturated heterocycles. The molecule has 0 bridgehead atoms. The van der Waals surface area contributed by atoms with Crippen LogP contribution in [0.5, 0.6) is 0 Å². The van der Waals surface area contributed by atoms with E-state index in [1.54, 1.807) is 11.9 Å². The van der Waals surface area contributed by atoms with Crippen molar-refractivity contribution in [2.45, 2.75) is 0 Å². The van der Waals surface area contributed by atoms with Crippen molar-refractivity contribution in [2.24, 2.45) is 0 Å². The van der Waals surface area contributed by atoms with E-state index in [-0.39, 0.29) is 16.6 Å². The molecule has 1 N–H and O–H groups in total. The molecule has 0 aliphatic rings. The zero-order chi connectivity index (χ0) is 11.3. The number of likely N-dealkylation sites (N-methyl/N-ethyl adjacent to an activating group) is 2. The van der Waals surface area contributed by atoms with Gasteiger partial charge in [0.2, 0.25) is 0 Å². The van der Waals surface area contributed by atoms with E-state index in [1.807, 2.05) is 7.05 Å². The molecule has 0 aromatic carbocycles. The number of amides is 1. The molecule has 6 heteroatoms. The van der Waals surface area contributed by atoms with Crippen LogP contribution in [0.2, 0.25) is 5.02 Å². The average Bonchev–Trinajstić information content (AvgIpc) is 2.25. The number of carbonyl (C=O) groups excluding carboxylic acids is 1. The van der Waals surface area contributed by atoms with Gasteiger partial charge in [0.05, 0.1) is 5.02 Å². The van der Waals surface area contributed by atoms with Crippen molar-refractivity contribution >= 4 is 17.5 Å². The maximum atomic E-state index is 11.8. The molecule has 82 valence electrons. The number of nitrogens with one attached hydrogen (secondary N) is 1. The number of nitrogens with zero attached hydrogens (tertiary/aromatic N) is 3. The van der Waals surface area contributed by atoms with Gasteiger partial charge in [-0.1, -0.05) is 11.6 Å².